The predicted octanol–water partition coefficient (Wildman–Crippen LogP) is 26.0. The first-order valence-corrected chi connectivity index (χ1v) is 33.8. The van der Waals surface area contributed by atoms with E-state index in [1.807, 2.05) is 0 Å². The highest BCUT2D eigenvalue weighted by Gasteiger charge is 2.34. The van der Waals surface area contributed by atoms with Crippen LogP contribution in [0.15, 0.2) is 364 Å². The smallest absolute Gasteiger partial charge is 0.0875 e. The number of para-hydroxylation sites is 15. The number of hydrogen-bond donors (Lipinski definition) is 6. The topological polar surface area (TPSA) is 85.1 Å². The number of fused-ring (bicyclic) bond motifs is 6. The van der Waals surface area contributed by atoms with Crippen LogP contribution in [-0.4, -0.2) is 0 Å². The Balaban J connectivity index is 0.890. The maximum atomic E-state index is 4.04. The second-order valence-electron chi connectivity index (χ2n) is 24.9. The lowest BCUT2D eigenvalue weighted by molar-refractivity contribution is 1.26. The summed E-state index contributed by atoms with van der Waals surface area (Å²) in [6.45, 7) is 0. The first kappa shape index (κ1) is 58.8. The lowest BCUT2D eigenvalue weighted by Gasteiger charge is -2.36. The molecule has 0 unspecified atom stereocenters. The van der Waals surface area contributed by atoms with Gasteiger partial charge in [-0.1, -0.05) is 200 Å². The van der Waals surface area contributed by atoms with Gasteiger partial charge >= 0.3 is 0 Å². The Labute approximate surface area is 582 Å². The highest BCUT2D eigenvalue weighted by molar-refractivity contribution is 6.13. The lowest BCUT2D eigenvalue weighted by Crippen LogP contribution is -2.17. The maximum absolute atomic E-state index is 4.04. The summed E-state index contributed by atoms with van der Waals surface area (Å²) < 4.78 is 0. The molecule has 3 aliphatic rings. The van der Waals surface area contributed by atoms with Crippen molar-refractivity contribution in [3.63, 3.8) is 0 Å². The predicted molar refractivity (Wildman–Crippen MR) is 421 cm³/mol. The molecule has 0 radical (unpaired) electrons. The van der Waals surface area contributed by atoms with Crippen molar-refractivity contribution in [1.82, 2.24) is 0 Å². The van der Waals surface area contributed by atoms with E-state index < -0.39 is 0 Å². The molecule has 0 amide bonds. The van der Waals surface area contributed by atoms with E-state index in [1.54, 1.807) is 0 Å². The zero-order valence-corrected chi connectivity index (χ0v) is 54.4. The molecule has 0 saturated heterocycles. The molecule has 10 heteroatoms. The normalized spacial score (nSPS) is 11.9. The van der Waals surface area contributed by atoms with Gasteiger partial charge in [-0.2, -0.15) is 0 Å². The van der Waals surface area contributed by atoms with Crippen molar-refractivity contribution in [2.75, 3.05) is 51.5 Å². The van der Waals surface area contributed by atoms with Crippen molar-refractivity contribution in [2.45, 2.75) is 0 Å². The average molecular weight is 1290 g/mol. The molecule has 15 aromatic carbocycles. The van der Waals surface area contributed by atoms with E-state index >= 15 is 0 Å². The fourth-order valence-corrected chi connectivity index (χ4v) is 14.5. The van der Waals surface area contributed by atoms with Crippen molar-refractivity contribution < 1.29 is 0 Å². The number of rotatable bonds is 15. The Bertz CT molecular complexity index is 4860. The second-order valence-corrected chi connectivity index (χ2v) is 24.9. The van der Waals surface area contributed by atoms with Crippen LogP contribution in [0.2, 0.25) is 0 Å². The molecule has 6 N–H and O–H groups in total. The van der Waals surface area contributed by atoms with Crippen molar-refractivity contribution in [3.05, 3.63) is 364 Å². The summed E-state index contributed by atoms with van der Waals surface area (Å²) in [6.07, 6.45) is 0. The summed E-state index contributed by atoms with van der Waals surface area (Å²) in [5.74, 6) is 0. The summed E-state index contributed by atoms with van der Waals surface area (Å²) >= 11 is 0. The highest BCUT2D eigenvalue weighted by Crippen LogP contribution is 2.59. The molecular formula is C90H66N10. The van der Waals surface area contributed by atoms with Gasteiger partial charge in [0.15, 0.2) is 0 Å². The van der Waals surface area contributed by atoms with Crippen LogP contribution >= 0.6 is 0 Å². The minimum Gasteiger partial charge on any atom is -0.352 e. The van der Waals surface area contributed by atoms with Crippen LogP contribution < -0.4 is 51.5 Å². The SMILES string of the molecule is c1ccc(N(c2ccccc2)c2ccc(-c3ccccc3N(c3ccccc3-c3ccc(N(c4ccccc4)c4ccccc4)c4c3Nc3ccccc3N4)c3ccccc3-c3ccc(N(c4ccccc4)c4ccccc4)c4c3Nc3ccccc3N4)c3c2Nc2ccccc2N3)cc1. The lowest BCUT2D eigenvalue weighted by atomic mass is 9.92. The molecular weight excluding hydrogens is 1220 g/mol. The van der Waals surface area contributed by atoms with Crippen LogP contribution in [0.4, 0.5) is 136 Å². The molecule has 0 aromatic heterocycles. The molecule has 0 aliphatic carbocycles. The van der Waals surface area contributed by atoms with Gasteiger partial charge in [0, 0.05) is 67.5 Å². The molecule has 0 bridgehead atoms. The Morgan fingerprint density at radius 3 is 0.550 bits per heavy atom. The monoisotopic (exact) mass is 1290 g/mol. The number of nitrogens with one attached hydrogen (secondary N) is 6. The van der Waals surface area contributed by atoms with E-state index in [-0.39, 0.29) is 0 Å². The summed E-state index contributed by atoms with van der Waals surface area (Å²) in [6, 6.07) is 130. The van der Waals surface area contributed by atoms with E-state index in [1.165, 1.54) is 0 Å². The quantitative estimate of drug-likeness (QED) is 0.0597. The van der Waals surface area contributed by atoms with Gasteiger partial charge in [0.2, 0.25) is 0 Å². The van der Waals surface area contributed by atoms with Gasteiger partial charge in [-0.25, -0.2) is 0 Å². The summed E-state index contributed by atoms with van der Waals surface area (Å²) in [4.78, 5) is 9.52. The van der Waals surface area contributed by atoms with Gasteiger partial charge in [-0.15, -0.1) is 0 Å². The van der Waals surface area contributed by atoms with Crippen molar-refractivity contribution >= 4 is 136 Å². The molecule has 476 valence electrons. The van der Waals surface area contributed by atoms with Gasteiger partial charge in [0.1, 0.15) is 0 Å². The molecule has 0 spiro atoms. The Morgan fingerprint density at radius 2 is 0.320 bits per heavy atom. The minimum absolute atomic E-state index is 0.946. The molecule has 0 saturated carbocycles. The molecule has 18 rings (SSSR count). The van der Waals surface area contributed by atoms with Crippen LogP contribution in [0.3, 0.4) is 0 Å². The number of hydrogen-bond acceptors (Lipinski definition) is 10. The standard InChI is InChI=1S/C90H66N10/c1-7-31-61(32-8-1)97(62-33-9-2-10-34-62)82-58-55-70(85-88(82)94-76-49-25-22-46-73(76)91-85)67-43-19-28-52-79(67)100(80-53-29-20-44-68(80)71-56-59-83(89-86(71)92-74-47-23-26-50-77(74)95-89)98(63-35-11-3-12-36-63)64-37-13-4-14-38-64)81-54-30-21-45-69(81)72-57-60-84(90-87(72)93-75-48-24-27-51-78(75)96-90)99(65-39-15-5-16-40-65)66-41-17-6-18-42-66/h1-60,91-96H. The molecule has 3 aliphatic heterocycles. The van der Waals surface area contributed by atoms with E-state index in [2.05, 4.69) is 415 Å². The molecule has 0 atom stereocenters. The first-order valence-electron chi connectivity index (χ1n) is 33.8. The third kappa shape index (κ3) is 10.6. The van der Waals surface area contributed by atoms with Crippen LogP contribution in [0.1, 0.15) is 0 Å². The summed E-state index contributed by atoms with van der Waals surface area (Å²) in [7, 11) is 0. The number of nitrogens with zero attached hydrogens (tertiary/aromatic N) is 4. The summed E-state index contributed by atoms with van der Waals surface area (Å²) in [5, 5.41) is 24.1. The molecule has 10 nitrogen and oxygen atoms in total. The van der Waals surface area contributed by atoms with Crippen LogP contribution in [0, 0.1) is 0 Å². The van der Waals surface area contributed by atoms with Crippen molar-refractivity contribution in [2.24, 2.45) is 0 Å². The minimum atomic E-state index is 0.946. The van der Waals surface area contributed by atoms with Gasteiger partial charge in [0.05, 0.1) is 102 Å². The van der Waals surface area contributed by atoms with Crippen LogP contribution in [0.5, 0.6) is 0 Å². The third-order valence-corrected chi connectivity index (χ3v) is 19.0. The van der Waals surface area contributed by atoms with Gasteiger partial charge in [0.25, 0.3) is 0 Å². The molecule has 0 fully saturated rings. The Morgan fingerprint density at radius 1 is 0.130 bits per heavy atom. The van der Waals surface area contributed by atoms with Gasteiger partial charge < -0.3 is 51.5 Å². The maximum Gasteiger partial charge on any atom is 0.0875 e. The summed E-state index contributed by atoms with van der Waals surface area (Å²) in [5.41, 5.74) is 29.7. The van der Waals surface area contributed by atoms with E-state index in [0.29, 0.717) is 0 Å². The fourth-order valence-electron chi connectivity index (χ4n) is 14.5. The number of benzene rings is 15. The van der Waals surface area contributed by atoms with Crippen molar-refractivity contribution in [3.8, 4) is 33.4 Å². The van der Waals surface area contributed by atoms with E-state index in [9.17, 15) is 0 Å². The zero-order chi connectivity index (χ0) is 66.3. The van der Waals surface area contributed by atoms with Crippen molar-refractivity contribution in [1.29, 1.82) is 0 Å². The molecule has 15 aromatic rings. The van der Waals surface area contributed by atoms with Gasteiger partial charge in [-0.3, -0.25) is 0 Å². The van der Waals surface area contributed by atoms with Crippen LogP contribution in [-0.2, 0) is 0 Å². The molecule has 100 heavy (non-hydrogen) atoms. The first-order chi connectivity index (χ1) is 49.6. The Hall–Kier alpha value is -13.7. The number of anilines is 24. The van der Waals surface area contributed by atoms with E-state index in [4.69, 9.17) is 0 Å². The highest BCUT2D eigenvalue weighted by atomic mass is 15.2. The fraction of sp³-hybridized carbons (Fsp3) is 0. The van der Waals surface area contributed by atoms with E-state index in [0.717, 1.165) is 170 Å². The second kappa shape index (κ2) is 25.5. The van der Waals surface area contributed by atoms with Gasteiger partial charge in [-0.05, 0) is 164 Å². The molecule has 3 heterocycles. The Kier molecular flexibility index (Phi) is 15.0. The third-order valence-electron chi connectivity index (χ3n) is 19.0. The van der Waals surface area contributed by atoms with Crippen LogP contribution in [0.25, 0.3) is 33.4 Å². The largest absolute Gasteiger partial charge is 0.352 e. The zero-order valence-electron chi connectivity index (χ0n) is 54.4. The average Bonchev–Trinajstić information content (AvgIpc) is 0.765.